The number of nitrogens with one attached hydrogen (secondary N) is 1. The average molecular weight is 309 g/mol. The van der Waals surface area contributed by atoms with Crippen molar-refractivity contribution in [2.75, 3.05) is 25.4 Å². The van der Waals surface area contributed by atoms with E-state index in [0.29, 0.717) is 6.04 Å². The van der Waals surface area contributed by atoms with E-state index < -0.39 is 0 Å². The molecule has 21 heavy (non-hydrogen) atoms. The second-order valence-corrected chi connectivity index (χ2v) is 7.85. The van der Waals surface area contributed by atoms with E-state index in [-0.39, 0.29) is 5.54 Å². The van der Waals surface area contributed by atoms with Crippen molar-refractivity contribution in [3.63, 3.8) is 0 Å². The van der Waals surface area contributed by atoms with Crippen LogP contribution in [0.15, 0.2) is 30.3 Å². The molecule has 1 aromatic carbocycles. The first-order chi connectivity index (χ1) is 9.91. The highest BCUT2D eigenvalue weighted by atomic mass is 32.2. The van der Waals surface area contributed by atoms with E-state index in [0.717, 1.165) is 25.4 Å². The van der Waals surface area contributed by atoms with Gasteiger partial charge in [-0.1, -0.05) is 30.3 Å². The van der Waals surface area contributed by atoms with Crippen molar-refractivity contribution in [1.29, 1.82) is 0 Å². The number of rotatable bonds is 9. The van der Waals surface area contributed by atoms with Gasteiger partial charge >= 0.3 is 0 Å². The fraction of sp³-hybridized carbons (Fsp3) is 0.667. The number of nitrogens with zero attached hydrogens (tertiary/aromatic N) is 1. The summed E-state index contributed by atoms with van der Waals surface area (Å²) in [5, 5.41) is 3.57. The molecule has 0 amide bonds. The van der Waals surface area contributed by atoms with Crippen molar-refractivity contribution < 1.29 is 0 Å². The monoisotopic (exact) mass is 308 g/mol. The Bertz CT molecular complexity index is 371. The molecule has 0 aromatic heterocycles. The molecule has 0 bridgehead atoms. The molecule has 0 radical (unpaired) electrons. The number of benzene rings is 1. The second kappa shape index (κ2) is 9.50. The summed E-state index contributed by atoms with van der Waals surface area (Å²) >= 11 is 2.00. The Morgan fingerprint density at radius 1 is 1.10 bits per heavy atom. The maximum Gasteiger partial charge on any atom is 0.0185 e. The zero-order chi connectivity index (χ0) is 15.7. The summed E-state index contributed by atoms with van der Waals surface area (Å²) < 4.78 is 0. The third-order valence-corrected chi connectivity index (χ3v) is 4.58. The molecular formula is C18H32N2S. The van der Waals surface area contributed by atoms with Crippen molar-refractivity contribution in [1.82, 2.24) is 10.2 Å². The summed E-state index contributed by atoms with van der Waals surface area (Å²) in [6.45, 7) is 14.7. The van der Waals surface area contributed by atoms with Crippen molar-refractivity contribution >= 4 is 11.8 Å². The lowest BCUT2D eigenvalue weighted by molar-refractivity contribution is 0.100. The minimum atomic E-state index is 0.248. The number of hydrogen-bond donors (Lipinski definition) is 1. The molecule has 0 heterocycles. The van der Waals surface area contributed by atoms with Gasteiger partial charge < -0.3 is 5.32 Å². The van der Waals surface area contributed by atoms with Crippen LogP contribution in [0.5, 0.6) is 0 Å². The topological polar surface area (TPSA) is 15.3 Å². The van der Waals surface area contributed by atoms with E-state index in [4.69, 9.17) is 0 Å². The Balaban J connectivity index is 2.09. The van der Waals surface area contributed by atoms with Gasteiger partial charge in [-0.3, -0.25) is 4.90 Å². The van der Waals surface area contributed by atoms with Gasteiger partial charge in [-0.2, -0.15) is 11.8 Å². The summed E-state index contributed by atoms with van der Waals surface area (Å²) in [5.41, 5.74) is 1.67. The Hall–Kier alpha value is -0.510. The molecule has 1 N–H and O–H groups in total. The van der Waals surface area contributed by atoms with Gasteiger partial charge in [-0.15, -0.1) is 0 Å². The van der Waals surface area contributed by atoms with Gasteiger partial charge in [0.05, 0.1) is 0 Å². The number of thioether (sulfide) groups is 1. The molecule has 0 aliphatic rings. The van der Waals surface area contributed by atoms with Crippen LogP contribution in [0.4, 0.5) is 0 Å². The summed E-state index contributed by atoms with van der Waals surface area (Å²) in [6, 6.07) is 11.3. The standard InChI is InChI=1S/C18H32N2S/c1-16(2)20(18(3,4)5)13-11-19-12-14-21-15-17-9-7-6-8-10-17/h6-10,16,19H,11-15H2,1-5H3. The molecule has 0 spiro atoms. The van der Waals surface area contributed by atoms with E-state index >= 15 is 0 Å². The Morgan fingerprint density at radius 2 is 1.76 bits per heavy atom. The van der Waals surface area contributed by atoms with Crippen molar-refractivity contribution in [2.45, 2.75) is 52.0 Å². The molecule has 0 saturated carbocycles. The predicted octanol–water partition coefficient (Wildman–Crippen LogP) is 4.02. The molecule has 1 aromatic rings. The molecule has 3 heteroatoms. The van der Waals surface area contributed by atoms with Crippen LogP contribution >= 0.6 is 11.8 Å². The molecular weight excluding hydrogens is 276 g/mol. The van der Waals surface area contributed by atoms with E-state index in [1.54, 1.807) is 0 Å². The fourth-order valence-corrected chi connectivity index (χ4v) is 3.46. The van der Waals surface area contributed by atoms with Gasteiger partial charge in [0.2, 0.25) is 0 Å². The van der Waals surface area contributed by atoms with E-state index in [9.17, 15) is 0 Å². The largest absolute Gasteiger partial charge is 0.315 e. The van der Waals surface area contributed by atoms with Crippen LogP contribution in [-0.4, -0.2) is 41.9 Å². The highest BCUT2D eigenvalue weighted by Crippen LogP contribution is 2.15. The van der Waals surface area contributed by atoms with Gasteiger partial charge in [-0.25, -0.2) is 0 Å². The molecule has 2 nitrogen and oxygen atoms in total. The first-order valence-electron chi connectivity index (χ1n) is 8.00. The maximum absolute atomic E-state index is 3.57. The first kappa shape index (κ1) is 18.5. The molecule has 0 saturated heterocycles. The smallest absolute Gasteiger partial charge is 0.0185 e. The molecule has 0 atom stereocenters. The minimum absolute atomic E-state index is 0.248. The van der Waals surface area contributed by atoms with Gasteiger partial charge in [0, 0.05) is 42.7 Å². The predicted molar refractivity (Wildman–Crippen MR) is 97.1 cm³/mol. The summed E-state index contributed by atoms with van der Waals surface area (Å²) in [5.74, 6) is 2.29. The zero-order valence-corrected chi connectivity index (χ0v) is 15.2. The van der Waals surface area contributed by atoms with Crippen LogP contribution in [0.2, 0.25) is 0 Å². The normalized spacial score (nSPS) is 12.3. The van der Waals surface area contributed by atoms with Crippen LogP contribution in [0.25, 0.3) is 0 Å². The van der Waals surface area contributed by atoms with Gasteiger partial charge in [-0.05, 0) is 40.2 Å². The highest BCUT2D eigenvalue weighted by Gasteiger charge is 2.22. The van der Waals surface area contributed by atoms with Crippen molar-refractivity contribution in [2.24, 2.45) is 0 Å². The Kier molecular flexibility index (Phi) is 8.38. The molecule has 120 valence electrons. The zero-order valence-electron chi connectivity index (χ0n) is 14.4. The van der Waals surface area contributed by atoms with Crippen LogP contribution in [0, 0.1) is 0 Å². The molecule has 0 aliphatic heterocycles. The second-order valence-electron chi connectivity index (χ2n) is 6.75. The van der Waals surface area contributed by atoms with Crippen LogP contribution in [0.1, 0.15) is 40.2 Å². The van der Waals surface area contributed by atoms with E-state index in [1.165, 1.54) is 11.3 Å². The third kappa shape index (κ3) is 7.89. The van der Waals surface area contributed by atoms with Crippen LogP contribution in [-0.2, 0) is 5.75 Å². The maximum atomic E-state index is 3.57. The SMILES string of the molecule is CC(C)N(CCNCCSCc1ccccc1)C(C)(C)C. The van der Waals surface area contributed by atoms with Gasteiger partial charge in [0.25, 0.3) is 0 Å². The quantitative estimate of drug-likeness (QED) is 0.694. The fourth-order valence-electron chi connectivity index (χ4n) is 2.60. The lowest BCUT2D eigenvalue weighted by Gasteiger charge is -2.39. The molecule has 0 aliphatic carbocycles. The van der Waals surface area contributed by atoms with E-state index in [2.05, 4.69) is 75.2 Å². The average Bonchev–Trinajstić information content (AvgIpc) is 2.41. The molecule has 1 rings (SSSR count). The van der Waals surface area contributed by atoms with Crippen molar-refractivity contribution in [3.05, 3.63) is 35.9 Å². The number of hydrogen-bond acceptors (Lipinski definition) is 3. The lowest BCUT2D eigenvalue weighted by Crippen LogP contribution is -2.48. The van der Waals surface area contributed by atoms with Crippen molar-refractivity contribution in [3.8, 4) is 0 Å². The summed E-state index contributed by atoms with van der Waals surface area (Å²) in [4.78, 5) is 2.55. The minimum Gasteiger partial charge on any atom is -0.315 e. The van der Waals surface area contributed by atoms with Crippen LogP contribution in [0.3, 0.4) is 0 Å². The van der Waals surface area contributed by atoms with Gasteiger partial charge in [0.15, 0.2) is 0 Å². The van der Waals surface area contributed by atoms with Gasteiger partial charge in [0.1, 0.15) is 0 Å². The Labute approximate surface area is 135 Å². The molecule has 0 fully saturated rings. The molecule has 0 unspecified atom stereocenters. The summed E-state index contributed by atoms with van der Waals surface area (Å²) in [6.07, 6.45) is 0. The van der Waals surface area contributed by atoms with E-state index in [1.807, 2.05) is 11.8 Å². The summed E-state index contributed by atoms with van der Waals surface area (Å²) in [7, 11) is 0. The van der Waals surface area contributed by atoms with Crippen LogP contribution < -0.4 is 5.32 Å². The lowest BCUT2D eigenvalue weighted by atomic mass is 10.0. The Morgan fingerprint density at radius 3 is 2.33 bits per heavy atom. The first-order valence-corrected chi connectivity index (χ1v) is 9.16. The third-order valence-electron chi connectivity index (χ3n) is 3.55. The highest BCUT2D eigenvalue weighted by molar-refractivity contribution is 7.98.